The quantitative estimate of drug-likeness (QED) is 0.474. The maximum Gasteiger partial charge on any atom is 0.358 e. The van der Waals surface area contributed by atoms with Crippen LogP contribution in [0.5, 0.6) is 5.75 Å². The van der Waals surface area contributed by atoms with Crippen LogP contribution in [-0.4, -0.2) is 27.7 Å². The maximum atomic E-state index is 12.0. The summed E-state index contributed by atoms with van der Waals surface area (Å²) in [6.45, 7) is 1.80. The van der Waals surface area contributed by atoms with Crippen molar-refractivity contribution in [3.05, 3.63) is 57.2 Å². The van der Waals surface area contributed by atoms with Crippen LogP contribution in [0.1, 0.15) is 27.3 Å². The Balaban J connectivity index is 1.81. The SMILES string of the molecule is Cc1cnc(C(=O)OCc2cc([N+](=O)[O-])cc3c2OCOC3)cn1. The van der Waals surface area contributed by atoms with Crippen LogP contribution in [0.3, 0.4) is 0 Å². The number of benzene rings is 1. The van der Waals surface area contributed by atoms with Crippen molar-refractivity contribution in [2.24, 2.45) is 0 Å². The van der Waals surface area contributed by atoms with Gasteiger partial charge in [-0.2, -0.15) is 0 Å². The number of nitro benzene ring substituents is 1. The first-order valence-electron chi connectivity index (χ1n) is 7.01. The summed E-state index contributed by atoms with van der Waals surface area (Å²) in [5, 5.41) is 11.0. The van der Waals surface area contributed by atoms with Gasteiger partial charge in [0.25, 0.3) is 5.69 Å². The zero-order valence-electron chi connectivity index (χ0n) is 12.7. The van der Waals surface area contributed by atoms with Crippen LogP contribution in [0.25, 0.3) is 0 Å². The number of fused-ring (bicyclic) bond motifs is 1. The number of ether oxygens (including phenoxy) is 3. The maximum absolute atomic E-state index is 12.0. The summed E-state index contributed by atoms with van der Waals surface area (Å²) in [6.07, 6.45) is 2.76. The number of nitro groups is 1. The fourth-order valence-electron chi connectivity index (χ4n) is 2.21. The standard InChI is InChI=1S/C15H13N3O6/c1-9-4-17-13(5-16-9)15(19)23-7-11-3-12(18(20)21)2-10-6-22-8-24-14(10)11/h2-5H,6-8H2,1H3. The molecule has 24 heavy (non-hydrogen) atoms. The molecule has 9 heteroatoms. The normalized spacial score (nSPS) is 12.9. The number of hydrogen-bond acceptors (Lipinski definition) is 8. The summed E-state index contributed by atoms with van der Waals surface area (Å²) in [4.78, 5) is 30.4. The molecule has 1 aromatic carbocycles. The second kappa shape index (κ2) is 6.59. The van der Waals surface area contributed by atoms with E-state index in [1.165, 1.54) is 24.5 Å². The van der Waals surface area contributed by atoms with E-state index in [0.29, 0.717) is 22.6 Å². The second-order valence-electron chi connectivity index (χ2n) is 5.08. The Morgan fingerprint density at radius 1 is 1.38 bits per heavy atom. The van der Waals surface area contributed by atoms with Crippen LogP contribution >= 0.6 is 0 Å². The molecule has 9 nitrogen and oxygen atoms in total. The van der Waals surface area contributed by atoms with Crippen LogP contribution in [-0.2, 0) is 22.7 Å². The number of nitrogens with zero attached hydrogens (tertiary/aromatic N) is 3. The number of carbonyl (C=O) groups excluding carboxylic acids is 1. The molecule has 0 spiro atoms. The largest absolute Gasteiger partial charge is 0.467 e. The predicted octanol–water partition coefficient (Wildman–Crippen LogP) is 1.92. The van der Waals surface area contributed by atoms with Gasteiger partial charge in [0.05, 0.1) is 23.4 Å². The molecule has 3 rings (SSSR count). The number of carbonyl (C=O) groups is 1. The third-order valence-electron chi connectivity index (χ3n) is 3.33. The average molecular weight is 331 g/mol. The molecule has 0 atom stereocenters. The smallest absolute Gasteiger partial charge is 0.358 e. The van der Waals surface area contributed by atoms with Crippen molar-refractivity contribution in [1.29, 1.82) is 0 Å². The highest BCUT2D eigenvalue weighted by Gasteiger charge is 2.22. The lowest BCUT2D eigenvalue weighted by atomic mass is 10.1. The van der Waals surface area contributed by atoms with Crippen LogP contribution in [0.4, 0.5) is 5.69 Å². The molecule has 0 fully saturated rings. The molecule has 0 N–H and O–H groups in total. The van der Waals surface area contributed by atoms with Crippen molar-refractivity contribution < 1.29 is 23.9 Å². The first kappa shape index (κ1) is 15.8. The van der Waals surface area contributed by atoms with Gasteiger partial charge in [0.2, 0.25) is 0 Å². The van der Waals surface area contributed by atoms with Gasteiger partial charge in [-0.05, 0) is 6.92 Å². The Morgan fingerprint density at radius 2 is 2.21 bits per heavy atom. The third-order valence-corrected chi connectivity index (χ3v) is 3.33. The minimum Gasteiger partial charge on any atom is -0.467 e. The topological polar surface area (TPSA) is 114 Å². The molecule has 1 aliphatic heterocycles. The molecule has 0 aliphatic carbocycles. The van der Waals surface area contributed by atoms with E-state index in [9.17, 15) is 14.9 Å². The van der Waals surface area contributed by atoms with Gasteiger partial charge in [-0.1, -0.05) is 0 Å². The lowest BCUT2D eigenvalue weighted by molar-refractivity contribution is -0.385. The number of aryl methyl sites for hydroxylation is 1. The summed E-state index contributed by atoms with van der Waals surface area (Å²) >= 11 is 0. The van der Waals surface area contributed by atoms with Gasteiger partial charge in [0, 0.05) is 29.5 Å². The molecule has 0 radical (unpaired) electrons. The summed E-state index contributed by atoms with van der Waals surface area (Å²) in [5.41, 5.74) is 1.55. The first-order valence-corrected chi connectivity index (χ1v) is 7.01. The monoisotopic (exact) mass is 331 g/mol. The summed E-state index contributed by atoms with van der Waals surface area (Å²) < 4.78 is 15.7. The van der Waals surface area contributed by atoms with E-state index in [2.05, 4.69) is 9.97 Å². The van der Waals surface area contributed by atoms with Gasteiger partial charge in [-0.3, -0.25) is 15.1 Å². The van der Waals surface area contributed by atoms with Gasteiger partial charge in [0.1, 0.15) is 12.4 Å². The molecular formula is C15H13N3O6. The van der Waals surface area contributed by atoms with E-state index < -0.39 is 10.9 Å². The van der Waals surface area contributed by atoms with E-state index in [1.807, 2.05) is 0 Å². The Hall–Kier alpha value is -3.07. The van der Waals surface area contributed by atoms with Crippen molar-refractivity contribution in [3.8, 4) is 5.75 Å². The van der Waals surface area contributed by atoms with Crippen LogP contribution < -0.4 is 4.74 Å². The number of rotatable bonds is 4. The lowest BCUT2D eigenvalue weighted by Gasteiger charge is -2.20. The van der Waals surface area contributed by atoms with Gasteiger partial charge >= 0.3 is 5.97 Å². The molecule has 0 saturated heterocycles. The molecule has 1 aliphatic rings. The molecule has 2 heterocycles. The van der Waals surface area contributed by atoms with Gasteiger partial charge < -0.3 is 14.2 Å². The molecule has 0 bridgehead atoms. The predicted molar refractivity (Wildman–Crippen MR) is 79.3 cm³/mol. The minimum absolute atomic E-state index is 0.0369. The second-order valence-corrected chi connectivity index (χ2v) is 5.08. The van der Waals surface area contributed by atoms with E-state index in [1.54, 1.807) is 6.92 Å². The van der Waals surface area contributed by atoms with Gasteiger partial charge in [0.15, 0.2) is 12.5 Å². The molecular weight excluding hydrogens is 318 g/mol. The summed E-state index contributed by atoms with van der Waals surface area (Å²) in [7, 11) is 0. The molecule has 124 valence electrons. The fourth-order valence-corrected chi connectivity index (χ4v) is 2.21. The lowest BCUT2D eigenvalue weighted by Crippen LogP contribution is -2.15. The number of hydrogen-bond donors (Lipinski definition) is 0. The van der Waals surface area contributed by atoms with Crippen molar-refractivity contribution in [1.82, 2.24) is 9.97 Å². The highest BCUT2D eigenvalue weighted by Crippen LogP contribution is 2.33. The number of esters is 1. The van der Waals surface area contributed by atoms with Crippen LogP contribution in [0.15, 0.2) is 24.5 Å². The molecule has 0 unspecified atom stereocenters. The third kappa shape index (κ3) is 3.30. The van der Waals surface area contributed by atoms with Crippen molar-refractivity contribution in [2.45, 2.75) is 20.1 Å². The fraction of sp³-hybridized carbons (Fsp3) is 0.267. The van der Waals surface area contributed by atoms with Crippen molar-refractivity contribution in [3.63, 3.8) is 0 Å². The molecule has 1 aromatic heterocycles. The molecule has 2 aromatic rings. The first-order chi connectivity index (χ1) is 11.5. The van der Waals surface area contributed by atoms with E-state index in [4.69, 9.17) is 14.2 Å². The zero-order chi connectivity index (χ0) is 17.1. The molecule has 0 amide bonds. The van der Waals surface area contributed by atoms with Crippen molar-refractivity contribution in [2.75, 3.05) is 6.79 Å². The average Bonchev–Trinajstić information content (AvgIpc) is 2.59. The highest BCUT2D eigenvalue weighted by molar-refractivity contribution is 5.86. The van der Waals surface area contributed by atoms with Crippen LogP contribution in [0.2, 0.25) is 0 Å². The Bertz CT molecular complexity index is 791. The van der Waals surface area contributed by atoms with E-state index >= 15 is 0 Å². The minimum atomic E-state index is -0.671. The molecule has 0 saturated carbocycles. The zero-order valence-corrected chi connectivity index (χ0v) is 12.7. The van der Waals surface area contributed by atoms with Gasteiger partial charge in [-0.25, -0.2) is 9.78 Å². The van der Waals surface area contributed by atoms with E-state index in [-0.39, 0.29) is 31.4 Å². The number of non-ortho nitro benzene ring substituents is 1. The van der Waals surface area contributed by atoms with Crippen LogP contribution in [0, 0.1) is 17.0 Å². The van der Waals surface area contributed by atoms with E-state index in [0.717, 1.165) is 0 Å². The Kier molecular flexibility index (Phi) is 4.34. The summed E-state index contributed by atoms with van der Waals surface area (Å²) in [6, 6.07) is 2.70. The van der Waals surface area contributed by atoms with Crippen molar-refractivity contribution >= 4 is 11.7 Å². The van der Waals surface area contributed by atoms with Gasteiger partial charge in [-0.15, -0.1) is 0 Å². The number of aromatic nitrogens is 2. The highest BCUT2D eigenvalue weighted by atomic mass is 16.7. The Morgan fingerprint density at radius 3 is 2.92 bits per heavy atom. The Labute approximate surface area is 136 Å². The summed E-state index contributed by atoms with van der Waals surface area (Å²) in [5.74, 6) is -0.232.